The Kier molecular flexibility index (Phi) is 2.81. The van der Waals surface area contributed by atoms with Crippen molar-refractivity contribution < 1.29 is 0 Å². The summed E-state index contributed by atoms with van der Waals surface area (Å²) in [5.74, 6) is 1.82. The molecule has 2 aromatic rings. The first kappa shape index (κ1) is 12.2. The van der Waals surface area contributed by atoms with E-state index in [0.29, 0.717) is 0 Å². The third-order valence-corrected chi connectivity index (χ3v) is 4.28. The van der Waals surface area contributed by atoms with E-state index in [1.807, 2.05) is 23.7 Å². The van der Waals surface area contributed by atoms with Gasteiger partial charge in [-0.25, -0.2) is 0 Å². The van der Waals surface area contributed by atoms with Crippen molar-refractivity contribution in [3.8, 4) is 0 Å². The zero-order valence-electron chi connectivity index (χ0n) is 11.5. The van der Waals surface area contributed by atoms with Crippen molar-refractivity contribution in [1.82, 2.24) is 14.8 Å². The topological polar surface area (TPSA) is 56.7 Å². The van der Waals surface area contributed by atoms with Crippen molar-refractivity contribution in [3.63, 3.8) is 0 Å². The van der Waals surface area contributed by atoms with E-state index in [-0.39, 0.29) is 5.41 Å². The highest BCUT2D eigenvalue weighted by Crippen LogP contribution is 2.49. The van der Waals surface area contributed by atoms with E-state index in [1.54, 1.807) is 6.33 Å². The largest absolute Gasteiger partial charge is 0.399 e. The minimum absolute atomic E-state index is 0.190. The molecule has 2 N–H and O–H groups in total. The second-order valence-electron chi connectivity index (χ2n) is 5.95. The predicted molar refractivity (Wildman–Crippen MR) is 75.6 cm³/mol. The molecule has 0 bridgehead atoms. The molecule has 4 heteroatoms. The number of rotatable bonds is 3. The molecule has 1 heterocycles. The van der Waals surface area contributed by atoms with Crippen LogP contribution in [0.4, 0.5) is 5.69 Å². The van der Waals surface area contributed by atoms with E-state index in [1.165, 1.54) is 18.4 Å². The first-order chi connectivity index (χ1) is 9.09. The molecule has 3 rings (SSSR count). The maximum absolute atomic E-state index is 5.94. The normalized spacial score (nSPS) is 26.1. The van der Waals surface area contributed by atoms with Gasteiger partial charge in [0.2, 0.25) is 0 Å². The van der Waals surface area contributed by atoms with E-state index < -0.39 is 0 Å². The molecule has 4 nitrogen and oxygen atoms in total. The van der Waals surface area contributed by atoms with Crippen LogP contribution >= 0.6 is 0 Å². The fourth-order valence-corrected chi connectivity index (χ4v) is 3.39. The second-order valence-corrected chi connectivity index (χ2v) is 5.95. The number of nitrogens with two attached hydrogens (primary N) is 1. The van der Waals surface area contributed by atoms with Crippen molar-refractivity contribution in [3.05, 3.63) is 42.0 Å². The Morgan fingerprint density at radius 1 is 1.42 bits per heavy atom. The molecular weight excluding hydrogens is 236 g/mol. The number of hydrogen-bond donors (Lipinski definition) is 1. The number of aryl methyl sites for hydroxylation is 1. The summed E-state index contributed by atoms with van der Waals surface area (Å²) >= 11 is 0. The Labute approximate surface area is 113 Å². The number of benzene rings is 1. The molecule has 0 atom stereocenters. The Balaban J connectivity index is 1.94. The third-order valence-electron chi connectivity index (χ3n) is 4.28. The van der Waals surface area contributed by atoms with Crippen LogP contribution in [0.3, 0.4) is 0 Å². The van der Waals surface area contributed by atoms with Crippen LogP contribution in [0.5, 0.6) is 0 Å². The van der Waals surface area contributed by atoms with E-state index >= 15 is 0 Å². The quantitative estimate of drug-likeness (QED) is 0.857. The fourth-order valence-electron chi connectivity index (χ4n) is 3.39. The van der Waals surface area contributed by atoms with Gasteiger partial charge in [0.25, 0.3) is 0 Å². The van der Waals surface area contributed by atoms with Gasteiger partial charge in [-0.1, -0.05) is 19.1 Å². The molecule has 19 heavy (non-hydrogen) atoms. The van der Waals surface area contributed by atoms with Gasteiger partial charge in [-0.3, -0.25) is 0 Å². The summed E-state index contributed by atoms with van der Waals surface area (Å²) in [6.45, 7) is 2.31. The van der Waals surface area contributed by atoms with Crippen LogP contribution in [-0.4, -0.2) is 14.8 Å². The molecule has 0 spiro atoms. The highest BCUT2D eigenvalue weighted by molar-refractivity contribution is 5.44. The SMILES string of the molecule is Cn1cnnc1C[C@]1(c2cccc(N)c2)C[C@H](C)C1. The van der Waals surface area contributed by atoms with Gasteiger partial charge >= 0.3 is 0 Å². The van der Waals surface area contributed by atoms with E-state index in [4.69, 9.17) is 5.73 Å². The highest BCUT2D eigenvalue weighted by atomic mass is 15.2. The summed E-state index contributed by atoms with van der Waals surface area (Å²) in [4.78, 5) is 0. The van der Waals surface area contributed by atoms with Crippen LogP contribution in [-0.2, 0) is 18.9 Å². The number of nitrogen functional groups attached to an aromatic ring is 1. The molecule has 0 saturated heterocycles. The Bertz CT molecular complexity index is 581. The van der Waals surface area contributed by atoms with Crippen LogP contribution in [0, 0.1) is 5.92 Å². The standard InChI is InChI=1S/C15H20N4/c1-11-7-15(8-11,9-14-18-17-10-19(14)2)12-4-3-5-13(16)6-12/h3-6,10-11H,7-9,16H2,1-2H3/t11-,15-. The molecule has 1 aromatic heterocycles. The summed E-state index contributed by atoms with van der Waals surface area (Å²) in [5.41, 5.74) is 8.31. The first-order valence-corrected chi connectivity index (χ1v) is 6.78. The zero-order chi connectivity index (χ0) is 13.5. The van der Waals surface area contributed by atoms with Crippen LogP contribution in [0.2, 0.25) is 0 Å². The van der Waals surface area contributed by atoms with Gasteiger partial charge in [0.15, 0.2) is 0 Å². The van der Waals surface area contributed by atoms with E-state index in [2.05, 4.69) is 29.3 Å². The number of hydrogen-bond acceptors (Lipinski definition) is 3. The first-order valence-electron chi connectivity index (χ1n) is 6.78. The van der Waals surface area contributed by atoms with Crippen molar-refractivity contribution in [2.24, 2.45) is 13.0 Å². The van der Waals surface area contributed by atoms with E-state index in [9.17, 15) is 0 Å². The number of aromatic nitrogens is 3. The second kappa shape index (κ2) is 4.37. The van der Waals surface area contributed by atoms with Gasteiger partial charge in [-0.2, -0.15) is 0 Å². The van der Waals surface area contributed by atoms with Gasteiger partial charge in [0.05, 0.1) is 0 Å². The maximum Gasteiger partial charge on any atom is 0.133 e. The average Bonchev–Trinajstić information content (AvgIpc) is 2.72. The average molecular weight is 256 g/mol. The summed E-state index contributed by atoms with van der Waals surface area (Å²) < 4.78 is 2.01. The van der Waals surface area contributed by atoms with Crippen LogP contribution < -0.4 is 5.73 Å². The summed E-state index contributed by atoms with van der Waals surface area (Å²) in [6.07, 6.45) is 5.11. The summed E-state index contributed by atoms with van der Waals surface area (Å²) in [7, 11) is 2.00. The van der Waals surface area contributed by atoms with Gasteiger partial charge < -0.3 is 10.3 Å². The molecule has 0 amide bonds. The number of nitrogens with zero attached hydrogens (tertiary/aromatic N) is 3. The lowest BCUT2D eigenvalue weighted by atomic mass is 9.57. The van der Waals surface area contributed by atoms with Crippen molar-refractivity contribution in [2.45, 2.75) is 31.6 Å². The number of anilines is 1. The maximum atomic E-state index is 5.94. The predicted octanol–water partition coefficient (Wildman–Crippen LogP) is 2.31. The molecular formula is C15H20N4. The Morgan fingerprint density at radius 2 is 2.21 bits per heavy atom. The monoisotopic (exact) mass is 256 g/mol. The minimum atomic E-state index is 0.190. The molecule has 1 aromatic carbocycles. The molecule has 1 aliphatic rings. The Morgan fingerprint density at radius 3 is 2.79 bits per heavy atom. The lowest BCUT2D eigenvalue weighted by Gasteiger charge is -2.47. The van der Waals surface area contributed by atoms with Crippen molar-refractivity contribution in [1.29, 1.82) is 0 Å². The molecule has 100 valence electrons. The Hall–Kier alpha value is -1.84. The molecule has 1 saturated carbocycles. The molecule has 0 radical (unpaired) electrons. The summed E-state index contributed by atoms with van der Waals surface area (Å²) in [5, 5.41) is 8.22. The van der Waals surface area contributed by atoms with Gasteiger partial charge in [0, 0.05) is 24.6 Å². The highest BCUT2D eigenvalue weighted by Gasteiger charge is 2.44. The molecule has 1 aliphatic carbocycles. The fraction of sp³-hybridized carbons (Fsp3) is 0.467. The van der Waals surface area contributed by atoms with Gasteiger partial charge in [-0.05, 0) is 36.5 Å². The van der Waals surface area contributed by atoms with E-state index in [0.717, 1.165) is 23.9 Å². The van der Waals surface area contributed by atoms with Gasteiger partial charge in [0.1, 0.15) is 12.2 Å². The van der Waals surface area contributed by atoms with Crippen LogP contribution in [0.15, 0.2) is 30.6 Å². The molecule has 0 aliphatic heterocycles. The lowest BCUT2D eigenvalue weighted by Crippen LogP contribution is -2.42. The third kappa shape index (κ3) is 2.11. The summed E-state index contributed by atoms with van der Waals surface area (Å²) in [6, 6.07) is 8.30. The van der Waals surface area contributed by atoms with Crippen LogP contribution in [0.1, 0.15) is 31.2 Å². The molecule has 1 fully saturated rings. The smallest absolute Gasteiger partial charge is 0.133 e. The lowest BCUT2D eigenvalue weighted by molar-refractivity contribution is 0.152. The van der Waals surface area contributed by atoms with Crippen molar-refractivity contribution >= 4 is 5.69 Å². The molecule has 0 unspecified atom stereocenters. The van der Waals surface area contributed by atoms with Crippen molar-refractivity contribution in [2.75, 3.05) is 5.73 Å². The minimum Gasteiger partial charge on any atom is -0.399 e. The van der Waals surface area contributed by atoms with Crippen LogP contribution in [0.25, 0.3) is 0 Å². The van der Waals surface area contributed by atoms with Gasteiger partial charge in [-0.15, -0.1) is 10.2 Å². The zero-order valence-corrected chi connectivity index (χ0v) is 11.5.